The molecule has 1 aliphatic heterocycles. The molecule has 1 aromatic carbocycles. The summed E-state index contributed by atoms with van der Waals surface area (Å²) >= 11 is 6.82. The summed E-state index contributed by atoms with van der Waals surface area (Å²) in [5.74, 6) is -5.09. The normalized spacial score (nSPS) is 17.8. The number of carbonyl (C=O) groups excluding carboxylic acids is 2. The molecule has 3 rings (SSSR count). The van der Waals surface area contributed by atoms with Crippen molar-refractivity contribution >= 4 is 34.8 Å². The van der Waals surface area contributed by atoms with Crippen LogP contribution in [0.3, 0.4) is 0 Å². The van der Waals surface area contributed by atoms with E-state index >= 15 is 0 Å². The van der Waals surface area contributed by atoms with E-state index in [0.29, 0.717) is 10.6 Å². The largest absolute Gasteiger partial charge is 0.342 e. The summed E-state index contributed by atoms with van der Waals surface area (Å²) in [6, 6.07) is 4.79. The highest BCUT2D eigenvalue weighted by atomic mass is 35.5. The van der Waals surface area contributed by atoms with Crippen molar-refractivity contribution in [2.75, 3.05) is 13.1 Å². The van der Waals surface area contributed by atoms with Gasteiger partial charge >= 0.3 is 0 Å². The molecule has 0 bridgehead atoms. The van der Waals surface area contributed by atoms with E-state index < -0.39 is 49.1 Å². The van der Waals surface area contributed by atoms with E-state index in [4.69, 9.17) is 16.9 Å². The van der Waals surface area contributed by atoms with Gasteiger partial charge in [0.25, 0.3) is 11.8 Å². The molecule has 2 amide bonds. The lowest BCUT2D eigenvalue weighted by molar-refractivity contribution is -0.131. The van der Waals surface area contributed by atoms with Crippen molar-refractivity contribution in [2.45, 2.75) is 24.8 Å². The minimum absolute atomic E-state index is 0.00650. The zero-order chi connectivity index (χ0) is 21.2. The molecule has 6 nitrogen and oxygen atoms in total. The maximum Gasteiger partial charge on any atom is 0.271 e. The lowest BCUT2D eigenvalue weighted by Gasteiger charge is -2.19. The first kappa shape index (κ1) is 21.1. The van der Waals surface area contributed by atoms with Crippen LogP contribution in [0.5, 0.6) is 0 Å². The van der Waals surface area contributed by atoms with Crippen molar-refractivity contribution in [3.8, 4) is 6.07 Å². The van der Waals surface area contributed by atoms with E-state index in [1.165, 1.54) is 28.8 Å². The zero-order valence-electron chi connectivity index (χ0n) is 14.8. The van der Waals surface area contributed by atoms with Crippen LogP contribution >= 0.6 is 22.9 Å². The standard InChI is InChI=1S/C18H14ClF3N4O2S/c19-12-2-1-10(3-13(12)20)4-15-25-14(8-29-15)17(28)24-7-16(27)26-9-18(21,22)5-11(26)6-23/h1-3,8,11H,4-5,7,9H2,(H,24,28)/t11-/m0/s1. The van der Waals surface area contributed by atoms with Crippen LogP contribution in [0.2, 0.25) is 5.02 Å². The number of nitrogens with one attached hydrogen (secondary N) is 1. The highest BCUT2D eigenvalue weighted by Gasteiger charge is 2.47. The number of nitriles is 1. The number of carbonyl (C=O) groups is 2. The van der Waals surface area contributed by atoms with Crippen LogP contribution in [0.4, 0.5) is 13.2 Å². The number of benzene rings is 1. The molecule has 0 saturated carbocycles. The van der Waals surface area contributed by atoms with Crippen molar-refractivity contribution in [3.63, 3.8) is 0 Å². The molecule has 1 aromatic heterocycles. The third kappa shape index (κ3) is 5.05. The first-order chi connectivity index (χ1) is 13.7. The SMILES string of the molecule is N#C[C@@H]1CC(F)(F)CN1C(=O)CNC(=O)c1csc(Cc2ccc(Cl)c(F)c2)n1. The summed E-state index contributed by atoms with van der Waals surface area (Å²) in [4.78, 5) is 29.2. The Morgan fingerprint density at radius 3 is 2.90 bits per heavy atom. The molecule has 0 radical (unpaired) electrons. The van der Waals surface area contributed by atoms with Crippen molar-refractivity contribution in [1.82, 2.24) is 15.2 Å². The van der Waals surface area contributed by atoms with Crippen LogP contribution in [0.25, 0.3) is 0 Å². The summed E-state index contributed by atoms with van der Waals surface area (Å²) in [5, 5.41) is 13.3. The van der Waals surface area contributed by atoms with E-state index in [9.17, 15) is 22.8 Å². The minimum atomic E-state index is -3.12. The van der Waals surface area contributed by atoms with E-state index in [2.05, 4.69) is 10.3 Å². The monoisotopic (exact) mass is 442 g/mol. The number of aromatic nitrogens is 1. The number of likely N-dealkylation sites (tertiary alicyclic amines) is 1. The minimum Gasteiger partial charge on any atom is -0.342 e. The van der Waals surface area contributed by atoms with Gasteiger partial charge in [-0.2, -0.15) is 5.26 Å². The Bertz CT molecular complexity index is 992. The molecule has 29 heavy (non-hydrogen) atoms. The summed E-state index contributed by atoms with van der Waals surface area (Å²) < 4.78 is 40.3. The maximum absolute atomic E-state index is 13.5. The number of alkyl halides is 2. The van der Waals surface area contributed by atoms with Crippen LogP contribution in [0.1, 0.15) is 27.5 Å². The summed E-state index contributed by atoms with van der Waals surface area (Å²) in [6.07, 6.45) is -0.429. The lowest BCUT2D eigenvalue weighted by atomic mass is 10.1. The van der Waals surface area contributed by atoms with Gasteiger partial charge in [-0.05, 0) is 17.7 Å². The number of amides is 2. The van der Waals surface area contributed by atoms with E-state index in [0.717, 1.165) is 4.90 Å². The average Bonchev–Trinajstić information content (AvgIpc) is 3.26. The first-order valence-electron chi connectivity index (χ1n) is 8.42. The molecular formula is C18H14ClF3N4O2S. The van der Waals surface area contributed by atoms with Crippen molar-refractivity contribution < 1.29 is 22.8 Å². The molecular weight excluding hydrogens is 429 g/mol. The van der Waals surface area contributed by atoms with Gasteiger partial charge in [0.05, 0.1) is 29.2 Å². The van der Waals surface area contributed by atoms with Gasteiger partial charge in [0, 0.05) is 18.2 Å². The fourth-order valence-electron chi connectivity index (χ4n) is 2.86. The first-order valence-corrected chi connectivity index (χ1v) is 9.68. The van der Waals surface area contributed by atoms with E-state index in [1.807, 2.05) is 0 Å². The van der Waals surface area contributed by atoms with Gasteiger partial charge in [0.2, 0.25) is 5.91 Å². The number of hydrogen-bond donors (Lipinski definition) is 1. The van der Waals surface area contributed by atoms with Crippen LogP contribution in [0, 0.1) is 17.1 Å². The molecule has 0 unspecified atom stereocenters. The number of hydrogen-bond acceptors (Lipinski definition) is 5. The molecule has 0 spiro atoms. The van der Waals surface area contributed by atoms with Gasteiger partial charge in [0.15, 0.2) is 0 Å². The second-order valence-corrected chi connectivity index (χ2v) is 7.81. The smallest absolute Gasteiger partial charge is 0.271 e. The van der Waals surface area contributed by atoms with E-state index in [1.54, 1.807) is 12.1 Å². The Hall–Kier alpha value is -2.64. The average molecular weight is 443 g/mol. The van der Waals surface area contributed by atoms with Gasteiger partial charge < -0.3 is 10.2 Å². The van der Waals surface area contributed by atoms with Crippen LogP contribution in [-0.4, -0.2) is 46.8 Å². The third-order valence-electron chi connectivity index (χ3n) is 4.26. The van der Waals surface area contributed by atoms with Gasteiger partial charge in [0.1, 0.15) is 17.6 Å². The molecule has 1 aliphatic rings. The fraction of sp³-hybridized carbons (Fsp3) is 0.333. The molecule has 1 fully saturated rings. The van der Waals surface area contributed by atoms with Crippen molar-refractivity contribution in [2.24, 2.45) is 0 Å². The molecule has 1 N–H and O–H groups in total. The second-order valence-electron chi connectivity index (χ2n) is 6.46. The Kier molecular flexibility index (Phi) is 6.10. The zero-order valence-corrected chi connectivity index (χ0v) is 16.4. The highest BCUT2D eigenvalue weighted by molar-refractivity contribution is 7.09. The summed E-state index contributed by atoms with van der Waals surface area (Å²) in [5.41, 5.74) is 0.678. The van der Waals surface area contributed by atoms with Crippen molar-refractivity contribution in [3.05, 3.63) is 50.7 Å². The van der Waals surface area contributed by atoms with E-state index in [-0.39, 0.29) is 17.1 Å². The van der Waals surface area contributed by atoms with Crippen molar-refractivity contribution in [1.29, 1.82) is 5.26 Å². The highest BCUT2D eigenvalue weighted by Crippen LogP contribution is 2.31. The quantitative estimate of drug-likeness (QED) is 0.771. The number of thiazole rings is 1. The fourth-order valence-corrected chi connectivity index (χ4v) is 3.79. The predicted octanol–water partition coefficient (Wildman–Crippen LogP) is 3.02. The van der Waals surface area contributed by atoms with Gasteiger partial charge in [-0.15, -0.1) is 11.3 Å². The van der Waals surface area contributed by atoms with Gasteiger partial charge in [-0.25, -0.2) is 18.2 Å². The number of nitrogens with zero attached hydrogens (tertiary/aromatic N) is 3. The Morgan fingerprint density at radius 2 is 2.21 bits per heavy atom. The molecule has 2 heterocycles. The molecule has 1 saturated heterocycles. The maximum atomic E-state index is 13.5. The number of rotatable bonds is 5. The number of halogens is 4. The predicted molar refractivity (Wildman–Crippen MR) is 99.3 cm³/mol. The molecule has 152 valence electrons. The van der Waals surface area contributed by atoms with Crippen LogP contribution in [-0.2, 0) is 11.2 Å². The summed E-state index contributed by atoms with van der Waals surface area (Å²) in [7, 11) is 0. The van der Waals surface area contributed by atoms with Gasteiger partial charge in [-0.3, -0.25) is 9.59 Å². The molecule has 0 aliphatic carbocycles. The lowest BCUT2D eigenvalue weighted by Crippen LogP contribution is -2.43. The van der Waals surface area contributed by atoms with Crippen LogP contribution < -0.4 is 5.32 Å². The Balaban J connectivity index is 1.57. The Labute approximate surface area is 172 Å². The second kappa shape index (κ2) is 8.39. The van der Waals surface area contributed by atoms with Crippen LogP contribution in [0.15, 0.2) is 23.6 Å². The van der Waals surface area contributed by atoms with Gasteiger partial charge in [-0.1, -0.05) is 17.7 Å². The summed E-state index contributed by atoms with van der Waals surface area (Å²) in [6.45, 7) is -1.37. The molecule has 11 heteroatoms. The Morgan fingerprint density at radius 1 is 1.45 bits per heavy atom. The topological polar surface area (TPSA) is 86.1 Å². The molecule has 1 atom stereocenters. The third-order valence-corrected chi connectivity index (χ3v) is 5.42. The molecule has 2 aromatic rings.